The molecule has 0 spiro atoms. The lowest BCUT2D eigenvalue weighted by molar-refractivity contribution is -0.151. The summed E-state index contributed by atoms with van der Waals surface area (Å²) in [6.45, 7) is 4.03. The van der Waals surface area contributed by atoms with E-state index >= 15 is 0 Å². The van der Waals surface area contributed by atoms with E-state index in [-0.39, 0.29) is 25.5 Å². The van der Waals surface area contributed by atoms with E-state index in [1.54, 1.807) is 20.3 Å². The number of carbonyl (C=O) groups excluding carboxylic acids is 1. The summed E-state index contributed by atoms with van der Waals surface area (Å²) in [4.78, 5) is 16.1. The van der Waals surface area contributed by atoms with Crippen LogP contribution in [0.3, 0.4) is 0 Å². The van der Waals surface area contributed by atoms with Crippen molar-refractivity contribution >= 4 is 5.91 Å². The number of allylic oxidation sites excluding steroid dienone is 1. The van der Waals surface area contributed by atoms with Crippen LogP contribution in [0.2, 0.25) is 0 Å². The predicted octanol–water partition coefficient (Wildman–Crippen LogP) is 1.92. The third-order valence-corrected chi connectivity index (χ3v) is 7.10. The lowest BCUT2D eigenvalue weighted by Gasteiger charge is -2.39. The molecule has 2 fully saturated rings. The molecule has 1 N–H and O–H groups in total. The minimum Gasteiger partial charge on any atom is -0.493 e. The van der Waals surface area contributed by atoms with Crippen molar-refractivity contribution in [1.29, 1.82) is 0 Å². The molecule has 4 unspecified atom stereocenters. The number of benzene rings is 1. The molecule has 6 rings (SSSR count). The van der Waals surface area contributed by atoms with Gasteiger partial charge in [-0.05, 0) is 24.1 Å². The first-order valence-corrected chi connectivity index (χ1v) is 11.6. The zero-order valence-corrected chi connectivity index (χ0v) is 19.4. The number of amides is 1. The number of nitrogens with one attached hydrogen (secondary N) is 1. The lowest BCUT2D eigenvalue weighted by Crippen LogP contribution is -2.53. The van der Waals surface area contributed by atoms with Crippen LogP contribution in [0, 0.1) is 0 Å². The smallest absolute Gasteiger partial charge is 0.253 e. The quantitative estimate of drug-likeness (QED) is 0.705. The summed E-state index contributed by atoms with van der Waals surface area (Å²) in [7, 11) is 3.16. The molecule has 0 aromatic heterocycles. The molecule has 34 heavy (non-hydrogen) atoms. The van der Waals surface area contributed by atoms with Gasteiger partial charge >= 0.3 is 0 Å². The fourth-order valence-electron chi connectivity index (χ4n) is 5.66. The van der Waals surface area contributed by atoms with Crippen molar-refractivity contribution < 1.29 is 38.0 Å². The Kier molecular flexibility index (Phi) is 5.31. The molecule has 0 saturated carbocycles. The molecule has 1 aromatic carbocycles. The summed E-state index contributed by atoms with van der Waals surface area (Å²) in [6, 6.07) is 1.68. The molecule has 2 saturated heterocycles. The molecule has 1 aromatic rings. The first kappa shape index (κ1) is 21.6. The van der Waals surface area contributed by atoms with E-state index in [9.17, 15) is 4.79 Å². The summed E-state index contributed by atoms with van der Waals surface area (Å²) >= 11 is 0. The van der Waals surface area contributed by atoms with Gasteiger partial charge < -0.3 is 43.4 Å². The van der Waals surface area contributed by atoms with Gasteiger partial charge in [0.05, 0.1) is 32.8 Å². The van der Waals surface area contributed by atoms with Gasteiger partial charge in [-0.3, -0.25) is 4.79 Å². The Balaban J connectivity index is 1.62. The van der Waals surface area contributed by atoms with Crippen molar-refractivity contribution in [3.05, 3.63) is 40.4 Å². The monoisotopic (exact) mass is 472 g/mol. The Hall–Kier alpha value is -2.95. The zero-order chi connectivity index (χ0) is 23.4. The Morgan fingerprint density at radius 3 is 2.71 bits per heavy atom. The third-order valence-electron chi connectivity index (χ3n) is 7.10. The highest BCUT2D eigenvalue weighted by Gasteiger charge is 2.52. The van der Waals surface area contributed by atoms with Gasteiger partial charge in [0.15, 0.2) is 29.8 Å². The molecule has 10 nitrogen and oxygen atoms in total. The first-order valence-electron chi connectivity index (χ1n) is 11.6. The van der Waals surface area contributed by atoms with Gasteiger partial charge in [0.2, 0.25) is 12.5 Å². The Bertz CT molecular complexity index is 1080. The highest BCUT2D eigenvalue weighted by molar-refractivity contribution is 5.98. The molecular weight excluding hydrogens is 444 g/mol. The number of morpholine rings is 1. The van der Waals surface area contributed by atoms with Gasteiger partial charge in [0.25, 0.3) is 5.91 Å². The minimum absolute atomic E-state index is 0.0755. The van der Waals surface area contributed by atoms with E-state index < -0.39 is 18.2 Å². The predicted molar refractivity (Wildman–Crippen MR) is 117 cm³/mol. The number of fused-ring (bicyclic) bond motifs is 7. The molecule has 4 heterocycles. The molecule has 1 amide bonds. The molecule has 4 atom stereocenters. The third kappa shape index (κ3) is 3.02. The average molecular weight is 472 g/mol. The number of methoxy groups -OCH3 is 2. The summed E-state index contributed by atoms with van der Waals surface area (Å²) in [5.74, 6) is 2.16. The van der Waals surface area contributed by atoms with Gasteiger partial charge in [-0.2, -0.15) is 0 Å². The van der Waals surface area contributed by atoms with Crippen molar-refractivity contribution in [2.24, 2.45) is 0 Å². The fraction of sp³-hybridized carbons (Fsp3) is 0.542. The van der Waals surface area contributed by atoms with E-state index in [1.807, 2.05) is 11.0 Å². The van der Waals surface area contributed by atoms with Crippen LogP contribution in [-0.2, 0) is 23.7 Å². The van der Waals surface area contributed by atoms with Crippen LogP contribution in [-0.4, -0.2) is 70.6 Å². The minimum atomic E-state index is -0.526. The van der Waals surface area contributed by atoms with Crippen LogP contribution in [0.15, 0.2) is 29.2 Å². The number of hydrogen-bond acceptors (Lipinski definition) is 9. The second kappa shape index (κ2) is 8.37. The van der Waals surface area contributed by atoms with Crippen LogP contribution in [0.4, 0.5) is 0 Å². The standard InChI is InChI=1S/C24H28N2O8/c1-4-14-12-7-15(28-2)20-22(33-10-31-20)18(12)19-13(8-16(29-3)21-23(19)34-11-32-21)24(27)26(14)17-9-25-5-6-30-17/h7-8,14,17,19,23,25H,4-6,9-11H2,1-3H3. The largest absolute Gasteiger partial charge is 0.493 e. The summed E-state index contributed by atoms with van der Waals surface area (Å²) in [6.07, 6.45) is 1.49. The van der Waals surface area contributed by atoms with Crippen molar-refractivity contribution in [2.45, 2.75) is 37.6 Å². The summed E-state index contributed by atoms with van der Waals surface area (Å²) in [5, 5.41) is 3.35. The van der Waals surface area contributed by atoms with Crippen molar-refractivity contribution in [3.63, 3.8) is 0 Å². The second-order valence-electron chi connectivity index (χ2n) is 8.67. The summed E-state index contributed by atoms with van der Waals surface area (Å²) < 4.78 is 41.0. The number of ether oxygens (including phenoxy) is 7. The Morgan fingerprint density at radius 1 is 1.12 bits per heavy atom. The molecular formula is C24H28N2O8. The van der Waals surface area contributed by atoms with Gasteiger partial charge in [-0.15, -0.1) is 0 Å². The number of carbonyl (C=O) groups is 1. The van der Waals surface area contributed by atoms with Crippen LogP contribution in [0.1, 0.15) is 36.4 Å². The molecule has 1 aliphatic carbocycles. The van der Waals surface area contributed by atoms with E-state index in [4.69, 9.17) is 33.2 Å². The van der Waals surface area contributed by atoms with Gasteiger partial charge in [-0.1, -0.05) is 6.92 Å². The van der Waals surface area contributed by atoms with Crippen LogP contribution in [0.25, 0.3) is 0 Å². The van der Waals surface area contributed by atoms with Crippen molar-refractivity contribution in [1.82, 2.24) is 10.2 Å². The van der Waals surface area contributed by atoms with E-state index in [0.717, 1.165) is 17.7 Å². The number of hydrogen-bond donors (Lipinski definition) is 1. The fourth-order valence-corrected chi connectivity index (χ4v) is 5.66. The topological polar surface area (TPSA) is 97.0 Å². The second-order valence-corrected chi connectivity index (χ2v) is 8.67. The van der Waals surface area contributed by atoms with E-state index in [1.165, 1.54) is 0 Å². The molecule has 0 bridgehead atoms. The van der Waals surface area contributed by atoms with Crippen LogP contribution >= 0.6 is 0 Å². The SMILES string of the molecule is CCC1c2cc(OC)c3c(c2C2C(=CC(OC)=C4OCOC42)C(=O)N1C1CNCCO1)OCO3. The van der Waals surface area contributed by atoms with E-state index in [0.29, 0.717) is 53.9 Å². The Morgan fingerprint density at radius 2 is 1.97 bits per heavy atom. The Labute approximate surface area is 197 Å². The maximum absolute atomic E-state index is 14.3. The first-order chi connectivity index (χ1) is 16.7. The molecule has 182 valence electrons. The van der Waals surface area contributed by atoms with Crippen molar-refractivity contribution in [2.75, 3.05) is 47.5 Å². The van der Waals surface area contributed by atoms with E-state index in [2.05, 4.69) is 12.2 Å². The highest BCUT2D eigenvalue weighted by Crippen LogP contribution is 2.57. The van der Waals surface area contributed by atoms with Crippen LogP contribution in [0.5, 0.6) is 17.2 Å². The average Bonchev–Trinajstić information content (AvgIpc) is 3.54. The highest BCUT2D eigenvalue weighted by atomic mass is 16.7. The molecule has 4 aliphatic heterocycles. The van der Waals surface area contributed by atoms with Crippen molar-refractivity contribution in [3.8, 4) is 17.2 Å². The normalized spacial score (nSPS) is 29.6. The van der Waals surface area contributed by atoms with Gasteiger partial charge in [0.1, 0.15) is 12.3 Å². The lowest BCUT2D eigenvalue weighted by atomic mass is 9.79. The molecule has 5 aliphatic rings. The van der Waals surface area contributed by atoms with Crippen LogP contribution < -0.4 is 19.5 Å². The maximum Gasteiger partial charge on any atom is 0.253 e. The zero-order valence-electron chi connectivity index (χ0n) is 19.4. The molecule has 10 heteroatoms. The number of nitrogens with zero attached hydrogens (tertiary/aromatic N) is 1. The number of rotatable bonds is 4. The van der Waals surface area contributed by atoms with Gasteiger partial charge in [0, 0.05) is 24.2 Å². The maximum atomic E-state index is 14.3. The molecule has 0 radical (unpaired) electrons. The summed E-state index contributed by atoms with van der Waals surface area (Å²) in [5.41, 5.74) is 2.33. The van der Waals surface area contributed by atoms with Gasteiger partial charge in [-0.25, -0.2) is 0 Å².